The zero-order chi connectivity index (χ0) is 19.0. The van der Waals surface area contributed by atoms with Crippen LogP contribution in [-0.4, -0.2) is 37.9 Å². The number of nitrogens with zero attached hydrogens (tertiary/aromatic N) is 6. The number of nitriles is 1. The van der Waals surface area contributed by atoms with Crippen LogP contribution in [0.2, 0.25) is 0 Å². The van der Waals surface area contributed by atoms with Crippen molar-refractivity contribution < 1.29 is 5.11 Å². The van der Waals surface area contributed by atoms with Gasteiger partial charge in [-0.3, -0.25) is 0 Å². The van der Waals surface area contributed by atoms with Crippen LogP contribution in [0.1, 0.15) is 41.5 Å². The number of benzene rings is 1. The van der Waals surface area contributed by atoms with Gasteiger partial charge in [-0.05, 0) is 31.4 Å². The molecule has 0 radical (unpaired) electrons. The van der Waals surface area contributed by atoms with E-state index >= 15 is 0 Å². The molecule has 3 heterocycles. The van der Waals surface area contributed by atoms with Crippen molar-refractivity contribution in [3.63, 3.8) is 0 Å². The van der Waals surface area contributed by atoms with Gasteiger partial charge in [0, 0.05) is 31.4 Å². The number of aliphatic hydroxyl groups is 1. The number of aliphatic hydroxyl groups excluding tert-OH is 1. The third kappa shape index (κ3) is 2.92. The van der Waals surface area contributed by atoms with Gasteiger partial charge in [-0.15, -0.1) is 10.2 Å². The first-order chi connectivity index (χ1) is 13.1. The highest BCUT2D eigenvalue weighted by atomic mass is 16.3. The SMILES string of the molecule is Cc1c(C#N)c(N2CCCC(c3nnc(CO)n3C)C2)nc2ccccc12. The molecule has 0 aliphatic carbocycles. The molecule has 138 valence electrons. The molecule has 1 saturated heterocycles. The first kappa shape index (κ1) is 17.4. The number of anilines is 1. The van der Waals surface area contributed by atoms with E-state index in [0.717, 1.165) is 54.0 Å². The number of para-hydroxylation sites is 1. The quantitative estimate of drug-likeness (QED) is 0.769. The molecule has 3 aromatic rings. The minimum atomic E-state index is -0.121. The second kappa shape index (κ2) is 6.97. The van der Waals surface area contributed by atoms with Crippen LogP contribution in [-0.2, 0) is 13.7 Å². The summed E-state index contributed by atoms with van der Waals surface area (Å²) in [5, 5.41) is 28.5. The zero-order valence-electron chi connectivity index (χ0n) is 15.6. The van der Waals surface area contributed by atoms with Crippen molar-refractivity contribution >= 4 is 16.7 Å². The van der Waals surface area contributed by atoms with Crippen LogP contribution in [0.15, 0.2) is 24.3 Å². The maximum Gasteiger partial charge on any atom is 0.158 e. The van der Waals surface area contributed by atoms with Crippen molar-refractivity contribution in [1.29, 1.82) is 5.26 Å². The maximum atomic E-state index is 9.78. The van der Waals surface area contributed by atoms with E-state index in [1.807, 2.05) is 42.8 Å². The summed E-state index contributed by atoms with van der Waals surface area (Å²) in [4.78, 5) is 7.02. The van der Waals surface area contributed by atoms with E-state index in [0.29, 0.717) is 11.4 Å². The van der Waals surface area contributed by atoms with E-state index < -0.39 is 0 Å². The summed E-state index contributed by atoms with van der Waals surface area (Å²) >= 11 is 0. The summed E-state index contributed by atoms with van der Waals surface area (Å²) in [6.45, 7) is 3.46. The van der Waals surface area contributed by atoms with Gasteiger partial charge < -0.3 is 14.6 Å². The lowest BCUT2D eigenvalue weighted by atomic mass is 9.96. The molecule has 1 N–H and O–H groups in total. The summed E-state index contributed by atoms with van der Waals surface area (Å²) in [5.74, 6) is 2.39. The molecule has 1 aliphatic rings. The van der Waals surface area contributed by atoms with Crippen molar-refractivity contribution in [2.24, 2.45) is 7.05 Å². The zero-order valence-corrected chi connectivity index (χ0v) is 15.6. The number of piperidine rings is 1. The molecule has 1 atom stereocenters. The van der Waals surface area contributed by atoms with Gasteiger partial charge in [-0.25, -0.2) is 4.98 Å². The highest BCUT2D eigenvalue weighted by Gasteiger charge is 2.28. The predicted molar refractivity (Wildman–Crippen MR) is 102 cm³/mol. The Hall–Kier alpha value is -2.98. The summed E-state index contributed by atoms with van der Waals surface area (Å²) < 4.78 is 1.87. The van der Waals surface area contributed by atoms with Gasteiger partial charge in [0.2, 0.25) is 0 Å². The standard InChI is InChI=1S/C20H22N6O/c1-13-15-7-3-4-8-17(15)22-20(16(13)10-21)26-9-5-6-14(11-26)19-24-23-18(12-27)25(19)2/h3-4,7-8,14,27H,5-6,9,11-12H2,1-2H3. The van der Waals surface area contributed by atoms with Crippen LogP contribution in [0.3, 0.4) is 0 Å². The number of hydrogen-bond donors (Lipinski definition) is 1. The Morgan fingerprint density at radius 1 is 1.30 bits per heavy atom. The van der Waals surface area contributed by atoms with Crippen LogP contribution in [0, 0.1) is 18.3 Å². The Bertz CT molecular complexity index is 1030. The van der Waals surface area contributed by atoms with Gasteiger partial charge in [0.25, 0.3) is 0 Å². The number of hydrogen-bond acceptors (Lipinski definition) is 6. The minimum Gasteiger partial charge on any atom is -0.388 e. The fourth-order valence-corrected chi connectivity index (χ4v) is 3.97. The second-order valence-corrected chi connectivity index (χ2v) is 7.04. The molecule has 1 aliphatic heterocycles. The fourth-order valence-electron chi connectivity index (χ4n) is 3.97. The van der Waals surface area contributed by atoms with Gasteiger partial charge >= 0.3 is 0 Å². The van der Waals surface area contributed by atoms with Crippen LogP contribution in [0.5, 0.6) is 0 Å². The third-order valence-electron chi connectivity index (χ3n) is 5.47. The normalized spacial score (nSPS) is 17.3. The van der Waals surface area contributed by atoms with E-state index in [9.17, 15) is 10.4 Å². The maximum absolute atomic E-state index is 9.78. The van der Waals surface area contributed by atoms with Gasteiger partial charge in [0.05, 0.1) is 11.1 Å². The lowest BCUT2D eigenvalue weighted by Gasteiger charge is -2.34. The smallest absolute Gasteiger partial charge is 0.158 e. The Morgan fingerprint density at radius 2 is 2.11 bits per heavy atom. The summed E-state index contributed by atoms with van der Waals surface area (Å²) in [6, 6.07) is 10.3. The highest BCUT2D eigenvalue weighted by Crippen LogP contribution is 2.33. The topological polar surface area (TPSA) is 90.9 Å². The number of aromatic nitrogens is 4. The lowest BCUT2D eigenvalue weighted by Crippen LogP contribution is -2.36. The summed E-state index contributed by atoms with van der Waals surface area (Å²) in [5.41, 5.74) is 2.53. The Labute approximate surface area is 157 Å². The predicted octanol–water partition coefficient (Wildman–Crippen LogP) is 2.42. The molecule has 7 heteroatoms. The Morgan fingerprint density at radius 3 is 2.85 bits per heavy atom. The molecule has 1 aromatic carbocycles. The first-order valence-electron chi connectivity index (χ1n) is 9.17. The molecule has 1 fully saturated rings. The second-order valence-electron chi connectivity index (χ2n) is 7.04. The molecule has 0 spiro atoms. The largest absolute Gasteiger partial charge is 0.388 e. The van der Waals surface area contributed by atoms with Gasteiger partial charge in [-0.2, -0.15) is 5.26 Å². The molecular formula is C20H22N6O. The van der Waals surface area contributed by atoms with Crippen molar-refractivity contribution in [1.82, 2.24) is 19.7 Å². The molecule has 0 saturated carbocycles. The van der Waals surface area contributed by atoms with Crippen LogP contribution < -0.4 is 4.90 Å². The molecule has 4 rings (SSSR count). The van der Waals surface area contributed by atoms with E-state index in [-0.39, 0.29) is 12.5 Å². The van der Waals surface area contributed by atoms with Crippen LogP contribution >= 0.6 is 0 Å². The summed E-state index contributed by atoms with van der Waals surface area (Å²) in [6.07, 6.45) is 1.99. The average molecular weight is 362 g/mol. The number of fused-ring (bicyclic) bond motifs is 1. The molecule has 1 unspecified atom stereocenters. The lowest BCUT2D eigenvalue weighted by molar-refractivity contribution is 0.266. The average Bonchev–Trinajstić information content (AvgIpc) is 3.08. The monoisotopic (exact) mass is 362 g/mol. The van der Waals surface area contributed by atoms with E-state index in [2.05, 4.69) is 21.2 Å². The Kier molecular flexibility index (Phi) is 4.50. The van der Waals surface area contributed by atoms with Crippen LogP contribution in [0.25, 0.3) is 10.9 Å². The van der Waals surface area contributed by atoms with E-state index in [1.165, 1.54) is 0 Å². The van der Waals surface area contributed by atoms with Crippen molar-refractivity contribution in [2.45, 2.75) is 32.3 Å². The van der Waals surface area contributed by atoms with Gasteiger partial charge in [-0.1, -0.05) is 18.2 Å². The minimum absolute atomic E-state index is 0.121. The highest BCUT2D eigenvalue weighted by molar-refractivity contribution is 5.87. The van der Waals surface area contributed by atoms with Crippen molar-refractivity contribution in [2.75, 3.05) is 18.0 Å². The fraction of sp³-hybridized carbons (Fsp3) is 0.400. The van der Waals surface area contributed by atoms with Crippen molar-refractivity contribution in [3.8, 4) is 6.07 Å². The number of rotatable bonds is 3. The van der Waals surface area contributed by atoms with Crippen molar-refractivity contribution in [3.05, 3.63) is 47.0 Å². The number of pyridine rings is 1. The summed E-state index contributed by atoms with van der Waals surface area (Å²) in [7, 11) is 1.89. The molecular weight excluding hydrogens is 340 g/mol. The first-order valence-corrected chi connectivity index (χ1v) is 9.17. The molecule has 27 heavy (non-hydrogen) atoms. The number of aryl methyl sites for hydroxylation is 1. The van der Waals surface area contributed by atoms with E-state index in [1.54, 1.807) is 0 Å². The molecule has 0 bridgehead atoms. The van der Waals surface area contributed by atoms with Gasteiger partial charge in [0.1, 0.15) is 24.3 Å². The van der Waals surface area contributed by atoms with Crippen LogP contribution in [0.4, 0.5) is 5.82 Å². The van der Waals surface area contributed by atoms with Gasteiger partial charge in [0.15, 0.2) is 5.82 Å². The third-order valence-corrected chi connectivity index (χ3v) is 5.47. The Balaban J connectivity index is 1.73. The molecule has 2 aromatic heterocycles. The van der Waals surface area contributed by atoms with E-state index in [4.69, 9.17) is 4.98 Å². The molecule has 7 nitrogen and oxygen atoms in total. The molecule has 0 amide bonds.